The highest BCUT2D eigenvalue weighted by atomic mass is 28.4. The highest BCUT2D eigenvalue weighted by Gasteiger charge is 2.50. The fourth-order valence-electron chi connectivity index (χ4n) is 5.15. The van der Waals surface area contributed by atoms with Crippen LogP contribution in [0.2, 0.25) is 5.04 Å². The Balaban J connectivity index is 1.93. The molecule has 4 nitrogen and oxygen atoms in total. The summed E-state index contributed by atoms with van der Waals surface area (Å²) in [5, 5.41) is 2.46. The number of benzene rings is 2. The van der Waals surface area contributed by atoms with E-state index in [4.69, 9.17) is 13.9 Å². The molecule has 3 atom stereocenters. The maximum Gasteiger partial charge on any atom is 0.261 e. The van der Waals surface area contributed by atoms with Gasteiger partial charge in [0, 0.05) is 12.3 Å². The summed E-state index contributed by atoms with van der Waals surface area (Å²) in [6.45, 7) is 15.4. The van der Waals surface area contributed by atoms with Crippen LogP contribution in [0, 0.1) is 5.92 Å². The second-order valence-corrected chi connectivity index (χ2v) is 15.1. The van der Waals surface area contributed by atoms with Crippen LogP contribution in [0.3, 0.4) is 0 Å². The first-order valence-corrected chi connectivity index (χ1v) is 14.1. The number of carbonyl (C=O) groups excluding carboxylic acids is 1. The summed E-state index contributed by atoms with van der Waals surface area (Å²) >= 11 is 0. The molecule has 1 saturated heterocycles. The predicted molar refractivity (Wildman–Crippen MR) is 141 cm³/mol. The summed E-state index contributed by atoms with van der Waals surface area (Å²) in [7, 11) is -2.59. The highest BCUT2D eigenvalue weighted by Crippen LogP contribution is 2.38. The minimum absolute atomic E-state index is 0.0716. The zero-order valence-corrected chi connectivity index (χ0v) is 22.7. The van der Waals surface area contributed by atoms with Crippen LogP contribution in [0.15, 0.2) is 72.3 Å². The van der Waals surface area contributed by atoms with E-state index in [0.717, 1.165) is 11.9 Å². The lowest BCUT2D eigenvalue weighted by molar-refractivity contribution is -0.310. The van der Waals surface area contributed by atoms with Crippen molar-refractivity contribution >= 4 is 25.0 Å². The molecule has 0 aromatic heterocycles. The monoisotopic (exact) mass is 480 g/mol. The van der Waals surface area contributed by atoms with Crippen LogP contribution in [0.1, 0.15) is 54.9 Å². The van der Waals surface area contributed by atoms with Crippen molar-refractivity contribution in [2.24, 2.45) is 5.92 Å². The molecule has 3 rings (SSSR count). The zero-order valence-electron chi connectivity index (χ0n) is 21.7. The van der Waals surface area contributed by atoms with Gasteiger partial charge in [-0.2, -0.15) is 0 Å². The number of aldehydes is 1. The van der Waals surface area contributed by atoms with E-state index in [9.17, 15) is 4.79 Å². The second kappa shape index (κ2) is 10.7. The molecule has 0 unspecified atom stereocenters. The Morgan fingerprint density at radius 3 is 2.00 bits per heavy atom. The standard InChI is InChI=1S/C29H40O4Si/c1-22(27-23(2)26(18-20-30)32-29(6,7)33-27)19-21-31-34(28(3,4)5,24-14-10-8-11-15-24)25-16-12-9-13-17-25/h8-17,19-20,23,26-27H,18,21H2,1-7H3/b22-19-/t23-,26-,27-/m0/s1. The third-order valence-electron chi connectivity index (χ3n) is 6.81. The summed E-state index contributed by atoms with van der Waals surface area (Å²) in [6.07, 6.45) is 3.17. The van der Waals surface area contributed by atoms with Crippen molar-refractivity contribution in [3.05, 3.63) is 72.3 Å². The number of hydrogen-bond acceptors (Lipinski definition) is 4. The first kappa shape index (κ1) is 26.5. The van der Waals surface area contributed by atoms with Crippen molar-refractivity contribution in [3.8, 4) is 0 Å². The largest absolute Gasteiger partial charge is 0.404 e. The van der Waals surface area contributed by atoms with Gasteiger partial charge in [-0.3, -0.25) is 0 Å². The second-order valence-electron chi connectivity index (χ2n) is 10.8. The lowest BCUT2D eigenvalue weighted by Gasteiger charge is -2.45. The Morgan fingerprint density at radius 1 is 1.00 bits per heavy atom. The summed E-state index contributed by atoms with van der Waals surface area (Å²) in [5.41, 5.74) is 1.11. The Labute approximate surface area is 206 Å². The average Bonchev–Trinajstić information content (AvgIpc) is 2.79. The van der Waals surface area contributed by atoms with Gasteiger partial charge >= 0.3 is 0 Å². The molecule has 34 heavy (non-hydrogen) atoms. The van der Waals surface area contributed by atoms with Crippen molar-refractivity contribution in [2.45, 2.75) is 77.9 Å². The third-order valence-corrected chi connectivity index (χ3v) is 11.8. The Kier molecular flexibility index (Phi) is 8.35. The maximum absolute atomic E-state index is 11.2. The van der Waals surface area contributed by atoms with Gasteiger partial charge in [-0.25, -0.2) is 0 Å². The zero-order chi connectivity index (χ0) is 25.0. The molecule has 1 fully saturated rings. The summed E-state index contributed by atoms with van der Waals surface area (Å²) in [5.74, 6) is -0.666. The Bertz CT molecular complexity index is 923. The molecule has 1 aliphatic heterocycles. The fourth-order valence-corrected chi connectivity index (χ4v) is 9.64. The van der Waals surface area contributed by atoms with Crippen LogP contribution in [0.4, 0.5) is 0 Å². The normalized spacial score (nSPS) is 23.5. The summed E-state index contributed by atoms with van der Waals surface area (Å²) < 4.78 is 19.3. The van der Waals surface area contributed by atoms with Crippen LogP contribution in [-0.2, 0) is 18.7 Å². The lowest BCUT2D eigenvalue weighted by atomic mass is 9.89. The first-order valence-electron chi connectivity index (χ1n) is 12.2. The molecule has 0 spiro atoms. The predicted octanol–water partition coefficient (Wildman–Crippen LogP) is 5.25. The van der Waals surface area contributed by atoms with Crippen molar-refractivity contribution in [1.82, 2.24) is 0 Å². The van der Waals surface area contributed by atoms with Gasteiger partial charge in [-0.1, -0.05) is 94.4 Å². The third kappa shape index (κ3) is 5.60. The van der Waals surface area contributed by atoms with E-state index >= 15 is 0 Å². The van der Waals surface area contributed by atoms with E-state index in [0.29, 0.717) is 13.0 Å². The SMILES string of the molecule is C/C(=C/CO[Si](c1ccccc1)(c1ccccc1)C(C)(C)C)[C@@H]1OC(C)(C)O[C@@H](CC=O)[C@@H]1C. The van der Waals surface area contributed by atoms with E-state index in [2.05, 4.69) is 101 Å². The molecule has 0 aliphatic carbocycles. The molecular formula is C29H40O4Si. The number of hydrogen-bond donors (Lipinski definition) is 0. The average molecular weight is 481 g/mol. The molecule has 0 amide bonds. The van der Waals surface area contributed by atoms with E-state index in [-0.39, 0.29) is 23.2 Å². The molecule has 2 aromatic carbocycles. The van der Waals surface area contributed by atoms with Gasteiger partial charge in [0.05, 0.1) is 18.8 Å². The molecule has 0 radical (unpaired) electrons. The molecular weight excluding hydrogens is 440 g/mol. The van der Waals surface area contributed by atoms with Crippen LogP contribution in [-0.4, -0.2) is 39.2 Å². The van der Waals surface area contributed by atoms with E-state index < -0.39 is 14.1 Å². The smallest absolute Gasteiger partial charge is 0.261 e. The van der Waals surface area contributed by atoms with E-state index in [1.807, 2.05) is 13.8 Å². The van der Waals surface area contributed by atoms with E-state index in [1.54, 1.807) is 0 Å². The van der Waals surface area contributed by atoms with Gasteiger partial charge in [-0.15, -0.1) is 0 Å². The topological polar surface area (TPSA) is 44.8 Å². The van der Waals surface area contributed by atoms with Crippen LogP contribution < -0.4 is 10.4 Å². The minimum atomic E-state index is -2.59. The van der Waals surface area contributed by atoms with Crippen LogP contribution in [0.5, 0.6) is 0 Å². The molecule has 0 N–H and O–H groups in total. The quantitative estimate of drug-likeness (QED) is 0.294. The van der Waals surface area contributed by atoms with E-state index in [1.165, 1.54) is 10.4 Å². The molecule has 2 aromatic rings. The van der Waals surface area contributed by atoms with Crippen LogP contribution >= 0.6 is 0 Å². The van der Waals surface area contributed by atoms with Gasteiger partial charge in [-0.05, 0) is 41.8 Å². The minimum Gasteiger partial charge on any atom is -0.404 e. The number of rotatable bonds is 8. The van der Waals surface area contributed by atoms with Crippen molar-refractivity contribution in [1.29, 1.82) is 0 Å². The molecule has 184 valence electrons. The molecule has 1 heterocycles. The van der Waals surface area contributed by atoms with Gasteiger partial charge < -0.3 is 18.7 Å². The lowest BCUT2D eigenvalue weighted by Crippen LogP contribution is -2.66. The number of carbonyl (C=O) groups is 1. The van der Waals surface area contributed by atoms with Gasteiger partial charge in [0.2, 0.25) is 0 Å². The maximum atomic E-state index is 11.2. The summed E-state index contributed by atoms with van der Waals surface area (Å²) in [6, 6.07) is 21.3. The van der Waals surface area contributed by atoms with Crippen molar-refractivity contribution < 1.29 is 18.7 Å². The number of ether oxygens (including phenoxy) is 2. The Hall–Kier alpha value is -2.05. The molecule has 1 aliphatic rings. The molecule has 0 saturated carbocycles. The molecule has 5 heteroatoms. The van der Waals surface area contributed by atoms with Crippen LogP contribution in [0.25, 0.3) is 0 Å². The van der Waals surface area contributed by atoms with Gasteiger partial charge in [0.1, 0.15) is 6.29 Å². The fraction of sp³-hybridized carbons (Fsp3) is 0.483. The first-order chi connectivity index (χ1) is 16.0. The van der Waals surface area contributed by atoms with Gasteiger partial charge in [0.15, 0.2) is 5.79 Å². The summed E-state index contributed by atoms with van der Waals surface area (Å²) in [4.78, 5) is 11.2. The van der Waals surface area contributed by atoms with Crippen molar-refractivity contribution in [2.75, 3.05) is 6.61 Å². The highest BCUT2D eigenvalue weighted by molar-refractivity contribution is 6.99. The Morgan fingerprint density at radius 2 is 1.53 bits per heavy atom. The van der Waals surface area contributed by atoms with Gasteiger partial charge in [0.25, 0.3) is 8.32 Å². The molecule has 0 bridgehead atoms. The van der Waals surface area contributed by atoms with Crippen molar-refractivity contribution in [3.63, 3.8) is 0 Å².